The van der Waals surface area contributed by atoms with Gasteiger partial charge in [0.1, 0.15) is 0 Å². The molecule has 1 aliphatic heterocycles. The first-order valence-electron chi connectivity index (χ1n) is 34.8. The third kappa shape index (κ3) is 10.0. The van der Waals surface area contributed by atoms with Crippen molar-refractivity contribution in [3.63, 3.8) is 0 Å². The summed E-state index contributed by atoms with van der Waals surface area (Å²) in [5.41, 5.74) is 29.5. The molecule has 474 valence electrons. The monoisotopic (exact) mass is 1280 g/mol. The summed E-state index contributed by atoms with van der Waals surface area (Å²) < 4.78 is 2.56. The van der Waals surface area contributed by atoms with Crippen molar-refractivity contribution in [2.24, 2.45) is 0 Å². The fraction of sp³-hybridized carbons (Fsp3) is 0.0515. The van der Waals surface area contributed by atoms with E-state index in [9.17, 15) is 0 Å². The second-order valence-corrected chi connectivity index (χ2v) is 27.0. The number of rotatable bonds is 16. The topological polar surface area (TPSA) is 11.4 Å². The Balaban J connectivity index is 0.830. The van der Waals surface area contributed by atoms with Crippen molar-refractivity contribution in [3.05, 3.63) is 444 Å². The Morgan fingerprint density at radius 3 is 1.45 bits per heavy atom. The summed E-state index contributed by atoms with van der Waals surface area (Å²) in [6.07, 6.45) is 0.730. The number of fused-ring (bicyclic) bond motifs is 12. The zero-order valence-corrected chi connectivity index (χ0v) is 55.7. The van der Waals surface area contributed by atoms with Crippen LogP contribution in [-0.4, -0.2) is 4.57 Å². The van der Waals surface area contributed by atoms with Gasteiger partial charge in [0.2, 0.25) is 0 Å². The van der Waals surface area contributed by atoms with Gasteiger partial charge in [-0.05, 0) is 186 Å². The van der Waals surface area contributed by atoms with Gasteiger partial charge in [0, 0.05) is 56.2 Å². The quantitative estimate of drug-likeness (QED) is 0.0955. The van der Waals surface area contributed by atoms with Crippen LogP contribution in [0, 0.1) is 0 Å². The Morgan fingerprint density at radius 2 is 0.800 bits per heavy atom. The Morgan fingerprint density at radius 1 is 0.350 bits per heavy atom. The number of anilines is 6. The van der Waals surface area contributed by atoms with Gasteiger partial charge in [-0.1, -0.05) is 311 Å². The van der Waals surface area contributed by atoms with Crippen LogP contribution in [0.15, 0.2) is 389 Å². The molecule has 0 radical (unpaired) electrons. The average Bonchev–Trinajstić information content (AvgIpc) is 1.43. The molecule has 0 fully saturated rings. The van der Waals surface area contributed by atoms with E-state index in [0.29, 0.717) is 0 Å². The van der Waals surface area contributed by atoms with Crippen molar-refractivity contribution in [1.29, 1.82) is 0 Å². The molecular formula is C97H71N3. The minimum absolute atomic E-state index is 0.0218. The molecule has 1 spiro atoms. The number of hydrogen-bond donors (Lipinski definition) is 0. The summed E-state index contributed by atoms with van der Waals surface area (Å²) in [4.78, 5) is 4.82. The number of hydrogen-bond acceptors (Lipinski definition) is 2. The molecule has 0 saturated heterocycles. The van der Waals surface area contributed by atoms with Gasteiger partial charge in [-0.15, -0.1) is 0 Å². The second-order valence-electron chi connectivity index (χ2n) is 27.0. The summed E-state index contributed by atoms with van der Waals surface area (Å²) in [5, 5.41) is 2.50. The van der Waals surface area contributed by atoms with Gasteiger partial charge in [-0.2, -0.15) is 0 Å². The lowest BCUT2D eigenvalue weighted by Gasteiger charge is -2.40. The van der Waals surface area contributed by atoms with Gasteiger partial charge in [-0.25, -0.2) is 0 Å². The Labute approximate surface area is 585 Å². The van der Waals surface area contributed by atoms with Gasteiger partial charge < -0.3 is 14.4 Å². The number of allylic oxidation sites excluding steroid dienone is 1. The predicted molar refractivity (Wildman–Crippen MR) is 419 cm³/mol. The van der Waals surface area contributed by atoms with E-state index < -0.39 is 10.8 Å². The SMILES string of the molecule is C=C(c1ccc(N(c2cccc(-c3ccccc3)c2)c2ccc3c(c2)C2(c4cc(C[C@](C)(c5ccc(N(c6ccccc6)c6ccccc6)cc5)c5cccc(-c6ccccc6)c5)ccc4-3)c3ccccc3-n3c4ccccc4c4cccc2c43)cc1)C(c1ccccc1)c1ccccc1. The molecular weight excluding hydrogens is 1210 g/mol. The Bertz CT molecular complexity index is 5630. The summed E-state index contributed by atoms with van der Waals surface area (Å²) in [6, 6.07) is 142. The maximum atomic E-state index is 4.87. The zero-order valence-electron chi connectivity index (χ0n) is 55.7. The van der Waals surface area contributed by atoms with Crippen molar-refractivity contribution >= 4 is 61.5 Å². The van der Waals surface area contributed by atoms with E-state index in [2.05, 4.69) is 403 Å². The van der Waals surface area contributed by atoms with Crippen molar-refractivity contribution < 1.29 is 0 Å². The van der Waals surface area contributed by atoms with Crippen LogP contribution in [0.3, 0.4) is 0 Å². The van der Waals surface area contributed by atoms with E-state index in [4.69, 9.17) is 6.58 Å². The maximum absolute atomic E-state index is 4.87. The molecule has 16 aromatic rings. The lowest BCUT2D eigenvalue weighted by Crippen LogP contribution is -2.34. The molecule has 1 aliphatic carbocycles. The van der Waals surface area contributed by atoms with Crippen LogP contribution in [0.2, 0.25) is 0 Å². The normalized spacial score (nSPS) is 13.9. The molecule has 0 saturated carbocycles. The molecule has 100 heavy (non-hydrogen) atoms. The fourth-order valence-electron chi connectivity index (χ4n) is 16.7. The molecule has 3 nitrogen and oxygen atoms in total. The summed E-state index contributed by atoms with van der Waals surface area (Å²) >= 11 is 0. The molecule has 2 heterocycles. The van der Waals surface area contributed by atoms with Crippen molar-refractivity contribution in [2.75, 3.05) is 9.80 Å². The highest BCUT2D eigenvalue weighted by Gasteiger charge is 2.51. The van der Waals surface area contributed by atoms with E-state index >= 15 is 0 Å². The Hall–Kier alpha value is -12.6. The van der Waals surface area contributed by atoms with Crippen LogP contribution in [0.1, 0.15) is 68.5 Å². The van der Waals surface area contributed by atoms with Crippen LogP contribution in [0.5, 0.6) is 0 Å². The van der Waals surface area contributed by atoms with Gasteiger partial charge in [0.25, 0.3) is 0 Å². The zero-order chi connectivity index (χ0) is 66.7. The molecule has 15 aromatic carbocycles. The molecule has 1 aromatic heterocycles. The van der Waals surface area contributed by atoms with Crippen LogP contribution in [0.25, 0.3) is 66.4 Å². The van der Waals surface area contributed by atoms with Gasteiger partial charge >= 0.3 is 0 Å². The first-order chi connectivity index (χ1) is 49.4. The molecule has 3 heteroatoms. The van der Waals surface area contributed by atoms with Gasteiger partial charge in [0.05, 0.1) is 22.1 Å². The number of para-hydroxylation sites is 5. The maximum Gasteiger partial charge on any atom is 0.0755 e. The molecule has 0 N–H and O–H groups in total. The van der Waals surface area contributed by atoms with E-state index in [-0.39, 0.29) is 5.92 Å². The molecule has 0 bridgehead atoms. The first kappa shape index (κ1) is 59.9. The smallest absolute Gasteiger partial charge is 0.0755 e. The van der Waals surface area contributed by atoms with Gasteiger partial charge in [0.15, 0.2) is 0 Å². The lowest BCUT2D eigenvalue weighted by molar-refractivity contribution is 0.567. The van der Waals surface area contributed by atoms with Crippen molar-refractivity contribution in [1.82, 2.24) is 4.57 Å². The number of nitrogens with zero attached hydrogens (tertiary/aromatic N) is 3. The summed E-state index contributed by atoms with van der Waals surface area (Å²) in [5.74, 6) is -0.0218. The predicted octanol–water partition coefficient (Wildman–Crippen LogP) is 25.1. The summed E-state index contributed by atoms with van der Waals surface area (Å²) in [6.45, 7) is 7.33. The number of benzene rings is 15. The highest BCUT2D eigenvalue weighted by atomic mass is 15.1. The second kappa shape index (κ2) is 24.8. The average molecular weight is 1280 g/mol. The molecule has 18 rings (SSSR count). The number of aromatic nitrogens is 1. The summed E-state index contributed by atoms with van der Waals surface area (Å²) in [7, 11) is 0. The highest BCUT2D eigenvalue weighted by molar-refractivity contribution is 6.13. The molecule has 2 atom stereocenters. The van der Waals surface area contributed by atoms with E-state index in [1.165, 1.54) is 105 Å². The fourth-order valence-corrected chi connectivity index (χ4v) is 16.7. The largest absolute Gasteiger partial charge is 0.311 e. The van der Waals surface area contributed by atoms with E-state index in [1.54, 1.807) is 0 Å². The van der Waals surface area contributed by atoms with Crippen LogP contribution < -0.4 is 9.80 Å². The van der Waals surface area contributed by atoms with E-state index in [0.717, 1.165) is 57.2 Å². The van der Waals surface area contributed by atoms with Gasteiger partial charge in [-0.3, -0.25) is 0 Å². The molecule has 1 unspecified atom stereocenters. The molecule has 0 amide bonds. The Kier molecular flexibility index (Phi) is 14.9. The standard InChI is InChI=1S/C97H71N3/c1-67(94(72-32-13-5-14-33-72)73-34-15-6-16-35-73)69-51-55-80(56-52-69)99(82-43-26-37-75(64-82)71-30-11-4-12-31-71)83-59-61-85-84-60-50-68(62-90(84)97(91(85)65-83)88-46-22-24-49-93(88)100-92-48-23-21-44-86(92)87-45-27-47-89(97)95(87)100)66-96(2,77-38-25-36-74(63-77)70-28-9-3-10-29-70)76-53-57-81(58-54-76)98(78-39-17-7-18-40-78)79-41-19-8-20-42-79/h3-65,94H,1,66H2,2H3/t96-,97?/m1/s1. The van der Waals surface area contributed by atoms with Crippen LogP contribution >= 0.6 is 0 Å². The third-order valence-corrected chi connectivity index (χ3v) is 21.4. The lowest BCUT2D eigenvalue weighted by atomic mass is 9.64. The minimum Gasteiger partial charge on any atom is -0.311 e. The molecule has 2 aliphatic rings. The minimum atomic E-state index is -0.760. The van der Waals surface area contributed by atoms with Crippen molar-refractivity contribution in [2.45, 2.75) is 30.1 Å². The highest BCUT2D eigenvalue weighted by Crippen LogP contribution is 2.62. The van der Waals surface area contributed by atoms with Crippen LogP contribution in [0.4, 0.5) is 34.1 Å². The van der Waals surface area contributed by atoms with Crippen molar-refractivity contribution in [3.8, 4) is 39.1 Å². The third-order valence-electron chi connectivity index (χ3n) is 21.4. The first-order valence-corrected chi connectivity index (χ1v) is 34.8. The van der Waals surface area contributed by atoms with E-state index in [1.807, 2.05) is 0 Å². The van der Waals surface area contributed by atoms with Crippen LogP contribution in [-0.2, 0) is 17.3 Å².